The molecule has 1 aliphatic heterocycles. The van der Waals surface area contributed by atoms with Gasteiger partial charge in [0.2, 0.25) is 0 Å². The van der Waals surface area contributed by atoms with Crippen LogP contribution < -0.4 is 5.32 Å². The molecule has 1 aromatic rings. The molecule has 1 heterocycles. The van der Waals surface area contributed by atoms with Crippen LogP contribution in [-0.2, 0) is 16.6 Å². The number of amides is 2. The molecule has 0 aromatic heterocycles. The van der Waals surface area contributed by atoms with Crippen molar-refractivity contribution >= 4 is 12.0 Å². The molecule has 2 N–H and O–H groups in total. The first kappa shape index (κ1) is 16.8. The van der Waals surface area contributed by atoms with Crippen molar-refractivity contribution in [2.24, 2.45) is 5.41 Å². The quantitative estimate of drug-likeness (QED) is 0.895. The van der Waals surface area contributed by atoms with Crippen LogP contribution in [0.2, 0.25) is 0 Å². The van der Waals surface area contributed by atoms with Crippen molar-refractivity contribution in [1.82, 2.24) is 10.2 Å². The number of fused-ring (bicyclic) bond motifs is 1. The number of hydrogen-bond acceptors (Lipinski definition) is 2. The Bertz CT molecular complexity index is 660. The first-order valence-electron chi connectivity index (χ1n) is 8.69. The fourth-order valence-electron chi connectivity index (χ4n) is 4.01. The van der Waals surface area contributed by atoms with Crippen LogP contribution >= 0.6 is 0 Å². The molecule has 5 heteroatoms. The molecule has 0 radical (unpaired) electrons. The van der Waals surface area contributed by atoms with Crippen LogP contribution in [0.15, 0.2) is 24.3 Å². The number of carboxylic acid groups (broad SMARTS) is 1. The van der Waals surface area contributed by atoms with Crippen molar-refractivity contribution in [2.75, 3.05) is 19.6 Å². The van der Waals surface area contributed by atoms with Crippen molar-refractivity contribution in [3.05, 3.63) is 35.4 Å². The topological polar surface area (TPSA) is 69.6 Å². The summed E-state index contributed by atoms with van der Waals surface area (Å²) in [7, 11) is 0. The normalized spacial score (nSPS) is 29.2. The summed E-state index contributed by atoms with van der Waals surface area (Å²) in [4.78, 5) is 25.4. The Morgan fingerprint density at radius 1 is 1.25 bits per heavy atom. The molecule has 130 valence electrons. The van der Waals surface area contributed by atoms with Gasteiger partial charge in [-0.05, 0) is 43.7 Å². The Morgan fingerprint density at radius 2 is 2.00 bits per heavy atom. The molecule has 5 nitrogen and oxygen atoms in total. The molecule has 1 aromatic carbocycles. The van der Waals surface area contributed by atoms with Gasteiger partial charge in [-0.25, -0.2) is 4.79 Å². The van der Waals surface area contributed by atoms with E-state index >= 15 is 0 Å². The molecule has 0 saturated carbocycles. The summed E-state index contributed by atoms with van der Waals surface area (Å²) in [6, 6.07) is 8.32. The third-order valence-electron chi connectivity index (χ3n) is 5.75. The molecule has 2 aliphatic rings. The summed E-state index contributed by atoms with van der Waals surface area (Å²) >= 11 is 0. The summed E-state index contributed by atoms with van der Waals surface area (Å²) in [5.41, 5.74) is 1.83. The van der Waals surface area contributed by atoms with Gasteiger partial charge in [-0.3, -0.25) is 4.79 Å². The smallest absolute Gasteiger partial charge is 0.317 e. The first-order chi connectivity index (χ1) is 11.3. The van der Waals surface area contributed by atoms with Crippen LogP contribution in [0.25, 0.3) is 0 Å². The van der Waals surface area contributed by atoms with Crippen LogP contribution in [0.4, 0.5) is 4.79 Å². The molecule has 1 aliphatic carbocycles. The lowest BCUT2D eigenvalue weighted by Gasteiger charge is -2.36. The van der Waals surface area contributed by atoms with Gasteiger partial charge in [0.1, 0.15) is 0 Å². The predicted molar refractivity (Wildman–Crippen MR) is 92.1 cm³/mol. The summed E-state index contributed by atoms with van der Waals surface area (Å²) in [5, 5.41) is 12.3. The number of urea groups is 1. The second kappa shape index (κ2) is 6.11. The third-order valence-corrected chi connectivity index (χ3v) is 5.75. The van der Waals surface area contributed by atoms with E-state index < -0.39 is 11.4 Å². The number of aliphatic carboxylic acids is 1. The van der Waals surface area contributed by atoms with Crippen molar-refractivity contribution in [3.8, 4) is 0 Å². The number of likely N-dealkylation sites (tertiary alicyclic amines) is 1. The van der Waals surface area contributed by atoms with Crippen LogP contribution in [0.5, 0.6) is 0 Å². The second-order valence-corrected chi connectivity index (χ2v) is 7.77. The van der Waals surface area contributed by atoms with Crippen molar-refractivity contribution in [2.45, 2.75) is 44.9 Å². The van der Waals surface area contributed by atoms with E-state index in [0.29, 0.717) is 19.5 Å². The zero-order chi connectivity index (χ0) is 17.4. The van der Waals surface area contributed by atoms with Gasteiger partial charge in [0.25, 0.3) is 0 Å². The van der Waals surface area contributed by atoms with E-state index in [1.165, 1.54) is 11.1 Å². The zero-order valence-corrected chi connectivity index (χ0v) is 14.5. The number of carbonyl (C=O) groups excluding carboxylic acids is 1. The lowest BCUT2D eigenvalue weighted by molar-refractivity contribution is -0.147. The van der Waals surface area contributed by atoms with E-state index in [1.54, 1.807) is 11.8 Å². The van der Waals surface area contributed by atoms with Gasteiger partial charge in [0, 0.05) is 25.0 Å². The van der Waals surface area contributed by atoms with E-state index in [-0.39, 0.29) is 18.0 Å². The zero-order valence-electron chi connectivity index (χ0n) is 14.5. The SMILES string of the molecule is CC1(C(=O)O)CCN(C(=O)NCC2(C)CCCc3ccccc32)C1. The largest absolute Gasteiger partial charge is 0.481 e. The molecule has 24 heavy (non-hydrogen) atoms. The molecular formula is C19H26N2O3. The number of carboxylic acids is 1. The van der Waals surface area contributed by atoms with Gasteiger partial charge >= 0.3 is 12.0 Å². The lowest BCUT2D eigenvalue weighted by atomic mass is 9.71. The minimum atomic E-state index is -0.828. The molecule has 0 bridgehead atoms. The highest BCUT2D eigenvalue weighted by Gasteiger charge is 2.42. The highest BCUT2D eigenvalue weighted by Crippen LogP contribution is 2.36. The van der Waals surface area contributed by atoms with Gasteiger partial charge in [-0.15, -0.1) is 0 Å². The summed E-state index contributed by atoms with van der Waals surface area (Å²) < 4.78 is 0. The molecule has 2 amide bonds. The van der Waals surface area contributed by atoms with E-state index in [2.05, 4.69) is 36.5 Å². The monoisotopic (exact) mass is 330 g/mol. The van der Waals surface area contributed by atoms with E-state index in [1.807, 2.05) is 0 Å². The molecule has 2 atom stereocenters. The number of nitrogens with one attached hydrogen (secondary N) is 1. The van der Waals surface area contributed by atoms with Crippen molar-refractivity contribution in [3.63, 3.8) is 0 Å². The number of rotatable bonds is 3. The van der Waals surface area contributed by atoms with Gasteiger partial charge in [0.05, 0.1) is 5.41 Å². The molecule has 0 spiro atoms. The van der Waals surface area contributed by atoms with E-state index in [9.17, 15) is 14.7 Å². The molecule has 2 unspecified atom stereocenters. The Balaban J connectivity index is 1.64. The summed E-state index contributed by atoms with van der Waals surface area (Å²) in [6.45, 7) is 5.28. The minimum Gasteiger partial charge on any atom is -0.481 e. The fraction of sp³-hybridized carbons (Fsp3) is 0.579. The highest BCUT2D eigenvalue weighted by molar-refractivity contribution is 5.79. The Hall–Kier alpha value is -2.04. The molecular weight excluding hydrogens is 304 g/mol. The average Bonchev–Trinajstić information content (AvgIpc) is 2.97. The number of hydrogen-bond donors (Lipinski definition) is 2. The van der Waals surface area contributed by atoms with Crippen molar-refractivity contribution in [1.29, 1.82) is 0 Å². The molecule has 1 saturated heterocycles. The Labute approximate surface area is 143 Å². The van der Waals surface area contributed by atoms with E-state index in [0.717, 1.165) is 19.3 Å². The molecule has 1 fully saturated rings. The van der Waals surface area contributed by atoms with E-state index in [4.69, 9.17) is 0 Å². The third kappa shape index (κ3) is 2.99. The van der Waals surface area contributed by atoms with Gasteiger partial charge < -0.3 is 15.3 Å². The standard InChI is InChI=1S/C19H26N2O3/c1-18(9-5-7-14-6-3-4-8-15(14)18)12-20-17(24)21-11-10-19(2,13-21)16(22)23/h3-4,6,8H,5,7,9-13H2,1-2H3,(H,20,24)(H,22,23). The molecule has 3 rings (SSSR count). The van der Waals surface area contributed by atoms with Gasteiger partial charge in [-0.2, -0.15) is 0 Å². The summed E-state index contributed by atoms with van der Waals surface area (Å²) in [5.74, 6) is -0.828. The fourth-order valence-corrected chi connectivity index (χ4v) is 4.01. The van der Waals surface area contributed by atoms with Gasteiger partial charge in [0.15, 0.2) is 0 Å². The number of aryl methyl sites for hydroxylation is 1. The highest BCUT2D eigenvalue weighted by atomic mass is 16.4. The summed E-state index contributed by atoms with van der Waals surface area (Å²) in [6.07, 6.45) is 3.79. The minimum absolute atomic E-state index is 0.0552. The Kier molecular flexibility index (Phi) is 4.28. The average molecular weight is 330 g/mol. The maximum Gasteiger partial charge on any atom is 0.317 e. The first-order valence-corrected chi connectivity index (χ1v) is 8.69. The van der Waals surface area contributed by atoms with Crippen LogP contribution in [0.1, 0.15) is 44.2 Å². The van der Waals surface area contributed by atoms with Crippen LogP contribution in [0, 0.1) is 5.41 Å². The Morgan fingerprint density at radius 3 is 2.71 bits per heavy atom. The number of benzene rings is 1. The maximum absolute atomic E-state index is 12.5. The maximum atomic E-state index is 12.5. The number of nitrogens with zero attached hydrogens (tertiary/aromatic N) is 1. The van der Waals surface area contributed by atoms with Crippen molar-refractivity contribution < 1.29 is 14.7 Å². The second-order valence-electron chi connectivity index (χ2n) is 7.77. The van der Waals surface area contributed by atoms with Gasteiger partial charge in [-0.1, -0.05) is 31.2 Å². The lowest BCUT2D eigenvalue weighted by Crippen LogP contribution is -2.46. The van der Waals surface area contributed by atoms with Crippen LogP contribution in [-0.4, -0.2) is 41.6 Å². The van der Waals surface area contributed by atoms with Crippen LogP contribution in [0.3, 0.4) is 0 Å². The predicted octanol–water partition coefficient (Wildman–Crippen LogP) is 2.79. The number of carbonyl (C=O) groups is 2.